The molecule has 2 rings (SSSR count). The van der Waals surface area contributed by atoms with Gasteiger partial charge in [0, 0.05) is 18.9 Å². The SMILES string of the molecule is CO[C@H]1[C@H](OCc2ccccc2)[C@@H](N=[N+]=[N-])C(OC(=N)C(Cl)(Cl)Cl)O[C@@H]1COC(C)=O. The lowest BCUT2D eigenvalue weighted by atomic mass is 9.97. The van der Waals surface area contributed by atoms with E-state index in [0.717, 1.165) is 5.56 Å². The van der Waals surface area contributed by atoms with E-state index in [4.69, 9.17) is 69.4 Å². The molecule has 1 N–H and O–H groups in total. The minimum absolute atomic E-state index is 0.151. The third-order valence-electron chi connectivity index (χ3n) is 4.30. The van der Waals surface area contributed by atoms with E-state index in [1.54, 1.807) is 0 Å². The number of esters is 1. The van der Waals surface area contributed by atoms with Crippen LogP contribution in [0.4, 0.5) is 0 Å². The number of carbonyl (C=O) groups is 1. The molecule has 13 heteroatoms. The summed E-state index contributed by atoms with van der Waals surface area (Å²) in [6.45, 7) is 1.18. The maximum Gasteiger partial charge on any atom is 0.302 e. The normalized spacial score (nSPS) is 25.9. The molecule has 0 aromatic heterocycles. The smallest absolute Gasteiger partial charge is 0.302 e. The molecule has 0 bridgehead atoms. The highest BCUT2D eigenvalue weighted by atomic mass is 35.6. The minimum atomic E-state index is -2.17. The summed E-state index contributed by atoms with van der Waals surface area (Å²) >= 11 is 17.1. The molecule has 0 spiro atoms. The van der Waals surface area contributed by atoms with Crippen molar-refractivity contribution in [3.05, 3.63) is 46.3 Å². The molecule has 1 aliphatic rings. The number of nitrogens with one attached hydrogen (secondary N) is 1. The lowest BCUT2D eigenvalue weighted by Crippen LogP contribution is -2.60. The molecule has 31 heavy (non-hydrogen) atoms. The van der Waals surface area contributed by atoms with Crippen LogP contribution in [0.3, 0.4) is 0 Å². The van der Waals surface area contributed by atoms with Gasteiger partial charge in [-0.1, -0.05) is 70.2 Å². The zero-order chi connectivity index (χ0) is 23.0. The highest BCUT2D eigenvalue weighted by Crippen LogP contribution is 2.33. The molecule has 1 saturated heterocycles. The van der Waals surface area contributed by atoms with Crippen molar-refractivity contribution in [3.8, 4) is 0 Å². The summed E-state index contributed by atoms with van der Waals surface area (Å²) in [7, 11) is 1.41. The van der Waals surface area contributed by atoms with Crippen LogP contribution >= 0.6 is 34.8 Å². The van der Waals surface area contributed by atoms with Crippen molar-refractivity contribution in [1.82, 2.24) is 0 Å². The number of hydrogen-bond donors (Lipinski definition) is 1. The molecular weight excluding hydrogens is 475 g/mol. The Morgan fingerprint density at radius 3 is 2.52 bits per heavy atom. The second kappa shape index (κ2) is 11.7. The van der Waals surface area contributed by atoms with Crippen LogP contribution in [0, 0.1) is 5.41 Å². The average molecular weight is 496 g/mol. The fourth-order valence-electron chi connectivity index (χ4n) is 2.93. The predicted molar refractivity (Wildman–Crippen MR) is 113 cm³/mol. The number of carbonyl (C=O) groups excluding carboxylic acids is 1. The Kier molecular flexibility index (Phi) is 9.64. The Hall–Kier alpha value is -1.78. The molecule has 5 atom stereocenters. The minimum Gasteiger partial charge on any atom is -0.463 e. The molecule has 0 saturated carbocycles. The van der Waals surface area contributed by atoms with Gasteiger partial charge in [0.05, 0.1) is 6.61 Å². The molecule has 10 nitrogen and oxygen atoms in total. The fourth-order valence-corrected chi connectivity index (χ4v) is 3.06. The van der Waals surface area contributed by atoms with Crippen LogP contribution in [-0.2, 0) is 35.1 Å². The second-order valence-electron chi connectivity index (χ2n) is 6.45. The first kappa shape index (κ1) is 25.5. The molecule has 1 aromatic rings. The number of alkyl halides is 3. The van der Waals surface area contributed by atoms with Gasteiger partial charge in [-0.25, -0.2) is 0 Å². The van der Waals surface area contributed by atoms with Crippen molar-refractivity contribution in [3.63, 3.8) is 0 Å². The summed E-state index contributed by atoms with van der Waals surface area (Å²) in [5.74, 6) is -1.28. The van der Waals surface area contributed by atoms with Gasteiger partial charge in [-0.3, -0.25) is 10.2 Å². The molecule has 0 aliphatic carbocycles. The van der Waals surface area contributed by atoms with Crippen LogP contribution in [0.2, 0.25) is 0 Å². The van der Waals surface area contributed by atoms with Crippen molar-refractivity contribution >= 4 is 46.7 Å². The third kappa shape index (κ3) is 7.40. The molecule has 1 unspecified atom stereocenters. The van der Waals surface area contributed by atoms with Crippen LogP contribution in [-0.4, -0.2) is 60.0 Å². The summed E-state index contributed by atoms with van der Waals surface area (Å²) in [6, 6.07) is 8.15. The molecular formula is C18H21Cl3N4O6. The molecule has 1 aromatic carbocycles. The van der Waals surface area contributed by atoms with Crippen molar-refractivity contribution in [2.75, 3.05) is 13.7 Å². The number of halogens is 3. The van der Waals surface area contributed by atoms with Gasteiger partial charge in [-0.15, -0.1) is 0 Å². The first-order valence-corrected chi connectivity index (χ1v) is 10.1. The zero-order valence-electron chi connectivity index (χ0n) is 16.6. The summed E-state index contributed by atoms with van der Waals surface area (Å²) in [4.78, 5) is 14.1. The van der Waals surface area contributed by atoms with Gasteiger partial charge in [-0.2, -0.15) is 0 Å². The fraction of sp³-hybridized carbons (Fsp3) is 0.556. The van der Waals surface area contributed by atoms with Gasteiger partial charge in [0.25, 0.3) is 3.79 Å². The Morgan fingerprint density at radius 2 is 1.97 bits per heavy atom. The maximum absolute atomic E-state index is 11.3. The number of methoxy groups -OCH3 is 1. The summed E-state index contributed by atoms with van der Waals surface area (Å²) in [6.07, 6.45) is -3.95. The molecule has 0 radical (unpaired) electrons. The Morgan fingerprint density at radius 1 is 1.29 bits per heavy atom. The molecule has 1 aliphatic heterocycles. The summed E-state index contributed by atoms with van der Waals surface area (Å²) < 4.78 is 25.5. The summed E-state index contributed by atoms with van der Waals surface area (Å²) in [5.41, 5.74) is 9.94. The number of rotatable bonds is 8. The first-order chi connectivity index (χ1) is 14.7. The lowest BCUT2D eigenvalue weighted by molar-refractivity contribution is -0.261. The monoisotopic (exact) mass is 494 g/mol. The van der Waals surface area contributed by atoms with Gasteiger partial charge in [0.2, 0.25) is 12.2 Å². The van der Waals surface area contributed by atoms with Gasteiger partial charge in [0.1, 0.15) is 31.0 Å². The topological polar surface area (TPSA) is 136 Å². The number of hydrogen-bond acceptors (Lipinski definition) is 8. The lowest BCUT2D eigenvalue weighted by Gasteiger charge is -2.44. The average Bonchev–Trinajstić information content (AvgIpc) is 2.72. The van der Waals surface area contributed by atoms with Crippen LogP contribution in [0.15, 0.2) is 35.4 Å². The third-order valence-corrected chi connectivity index (χ3v) is 4.81. The number of nitrogens with zero attached hydrogens (tertiary/aromatic N) is 3. The highest BCUT2D eigenvalue weighted by molar-refractivity contribution is 6.76. The Labute approximate surface area is 193 Å². The maximum atomic E-state index is 11.3. The molecule has 1 fully saturated rings. The molecule has 1 heterocycles. The van der Waals surface area contributed by atoms with Crippen LogP contribution in [0.25, 0.3) is 10.4 Å². The van der Waals surface area contributed by atoms with Gasteiger partial charge in [-0.05, 0) is 11.1 Å². The largest absolute Gasteiger partial charge is 0.463 e. The number of ether oxygens (including phenoxy) is 5. The zero-order valence-corrected chi connectivity index (χ0v) is 18.9. The van der Waals surface area contributed by atoms with Gasteiger partial charge >= 0.3 is 5.97 Å². The van der Waals surface area contributed by atoms with Gasteiger partial charge < -0.3 is 23.7 Å². The summed E-state index contributed by atoms with van der Waals surface area (Å²) in [5, 5.41) is 11.6. The van der Waals surface area contributed by atoms with Crippen molar-refractivity contribution < 1.29 is 28.5 Å². The van der Waals surface area contributed by atoms with Crippen LogP contribution in [0.1, 0.15) is 12.5 Å². The van der Waals surface area contributed by atoms with Crippen LogP contribution < -0.4 is 0 Å². The van der Waals surface area contributed by atoms with Crippen molar-refractivity contribution in [2.45, 2.75) is 48.0 Å². The first-order valence-electron chi connectivity index (χ1n) is 9.01. The van der Waals surface area contributed by atoms with Crippen LogP contribution in [0.5, 0.6) is 0 Å². The van der Waals surface area contributed by atoms with E-state index >= 15 is 0 Å². The highest BCUT2D eigenvalue weighted by Gasteiger charge is 2.49. The van der Waals surface area contributed by atoms with E-state index in [-0.39, 0.29) is 13.2 Å². The van der Waals surface area contributed by atoms with E-state index in [2.05, 4.69) is 10.0 Å². The van der Waals surface area contributed by atoms with Gasteiger partial charge in [0.15, 0.2) is 0 Å². The second-order valence-corrected chi connectivity index (χ2v) is 8.73. The number of benzene rings is 1. The van der Waals surface area contributed by atoms with E-state index in [1.165, 1.54) is 14.0 Å². The number of azide groups is 1. The quantitative estimate of drug-likeness (QED) is 0.110. The Bertz CT molecular complexity index is 803. The van der Waals surface area contributed by atoms with E-state index < -0.39 is 46.3 Å². The van der Waals surface area contributed by atoms with Crippen molar-refractivity contribution in [2.24, 2.45) is 5.11 Å². The predicted octanol–water partition coefficient (Wildman–Crippen LogP) is 3.92. The Balaban J connectivity index is 2.33. The van der Waals surface area contributed by atoms with E-state index in [0.29, 0.717) is 0 Å². The van der Waals surface area contributed by atoms with Crippen molar-refractivity contribution in [1.29, 1.82) is 5.41 Å². The van der Waals surface area contributed by atoms with E-state index in [1.807, 2.05) is 30.3 Å². The molecule has 170 valence electrons. The molecule has 0 amide bonds. The standard InChI is InChI=1S/C18H21Cl3N4O6/c1-10(26)28-9-12-14(27-2)15(29-8-11-6-4-3-5-7-11)13(24-25-23)16(30-12)31-17(22)18(19,20)21/h3-7,12-16,22H,8-9H2,1-2H3/t12-,13-,14-,15-,16?/m1/s1. The van der Waals surface area contributed by atoms with E-state index in [9.17, 15) is 4.79 Å².